The van der Waals surface area contributed by atoms with Crippen molar-refractivity contribution in [2.24, 2.45) is 5.73 Å². The van der Waals surface area contributed by atoms with Crippen LogP contribution in [0.25, 0.3) is 0 Å². The number of primary amides is 1. The van der Waals surface area contributed by atoms with Crippen LogP contribution in [0.5, 0.6) is 0 Å². The fourth-order valence-corrected chi connectivity index (χ4v) is 2.05. The molecule has 1 amide bonds. The van der Waals surface area contributed by atoms with Crippen molar-refractivity contribution in [2.75, 3.05) is 17.7 Å². The largest absolute Gasteiger partial charge is 0.397 e. The Morgan fingerprint density at radius 2 is 2.00 bits per heavy atom. The number of hydrogen-bond donors (Lipinski definition) is 2. The summed E-state index contributed by atoms with van der Waals surface area (Å²) in [4.78, 5) is 13.0. The molecule has 0 heterocycles. The van der Waals surface area contributed by atoms with E-state index in [4.69, 9.17) is 11.5 Å². The second-order valence-electron chi connectivity index (χ2n) is 4.62. The number of carbonyl (C=O) groups excluding carboxylic acids is 1. The van der Waals surface area contributed by atoms with Crippen LogP contribution in [0.2, 0.25) is 0 Å². The molecule has 104 valence electrons. The Morgan fingerprint density at radius 1 is 1.25 bits per heavy atom. The lowest BCUT2D eigenvalue weighted by Gasteiger charge is -2.21. The highest BCUT2D eigenvalue weighted by Crippen LogP contribution is 2.24. The highest BCUT2D eigenvalue weighted by molar-refractivity contribution is 5.94. The van der Waals surface area contributed by atoms with Gasteiger partial charge in [-0.1, -0.05) is 12.1 Å². The lowest BCUT2D eigenvalue weighted by molar-refractivity contribution is 0.100. The summed E-state index contributed by atoms with van der Waals surface area (Å²) in [5.41, 5.74) is 13.5. The minimum absolute atomic E-state index is 0.270. The van der Waals surface area contributed by atoms with Crippen LogP contribution in [-0.2, 0) is 6.54 Å². The Labute approximate surface area is 116 Å². The first kappa shape index (κ1) is 13.9. The summed E-state index contributed by atoms with van der Waals surface area (Å²) in [5, 5.41) is 0. The van der Waals surface area contributed by atoms with Gasteiger partial charge in [-0.15, -0.1) is 0 Å². The summed E-state index contributed by atoms with van der Waals surface area (Å²) in [6.45, 7) is 0.512. The van der Waals surface area contributed by atoms with Gasteiger partial charge in [-0.25, -0.2) is 4.39 Å². The molecule has 2 aromatic rings. The van der Waals surface area contributed by atoms with E-state index in [0.29, 0.717) is 17.8 Å². The summed E-state index contributed by atoms with van der Waals surface area (Å²) in [7, 11) is 1.85. The Balaban J connectivity index is 2.21. The topological polar surface area (TPSA) is 72.3 Å². The van der Waals surface area contributed by atoms with Crippen molar-refractivity contribution in [2.45, 2.75) is 6.54 Å². The van der Waals surface area contributed by atoms with E-state index in [0.717, 1.165) is 11.3 Å². The summed E-state index contributed by atoms with van der Waals surface area (Å²) >= 11 is 0. The Kier molecular flexibility index (Phi) is 3.89. The number of hydrogen-bond acceptors (Lipinski definition) is 3. The lowest BCUT2D eigenvalue weighted by atomic mass is 10.1. The van der Waals surface area contributed by atoms with Crippen LogP contribution < -0.4 is 16.4 Å². The number of nitrogen functional groups attached to an aromatic ring is 1. The summed E-state index contributed by atoms with van der Waals surface area (Å²) < 4.78 is 13.1. The average molecular weight is 273 g/mol. The molecule has 0 saturated heterocycles. The molecular weight excluding hydrogens is 257 g/mol. The predicted octanol–water partition coefficient (Wildman–Crippen LogP) is 2.14. The molecular formula is C15H16FN3O. The molecule has 0 unspecified atom stereocenters. The van der Waals surface area contributed by atoms with Crippen LogP contribution in [0.1, 0.15) is 15.9 Å². The number of nitrogens with zero attached hydrogens (tertiary/aromatic N) is 1. The number of amides is 1. The first-order valence-corrected chi connectivity index (χ1v) is 6.12. The normalized spacial score (nSPS) is 10.3. The highest BCUT2D eigenvalue weighted by atomic mass is 19.1. The zero-order valence-electron chi connectivity index (χ0n) is 11.1. The monoisotopic (exact) mass is 273 g/mol. The molecule has 0 aliphatic rings. The summed E-state index contributed by atoms with van der Waals surface area (Å²) in [6, 6.07) is 11.3. The van der Waals surface area contributed by atoms with Gasteiger partial charge in [0.15, 0.2) is 0 Å². The number of carbonyl (C=O) groups is 1. The lowest BCUT2D eigenvalue weighted by Crippen LogP contribution is -2.19. The Morgan fingerprint density at radius 3 is 2.60 bits per heavy atom. The number of anilines is 2. The fourth-order valence-electron chi connectivity index (χ4n) is 2.05. The van der Waals surface area contributed by atoms with Gasteiger partial charge in [0.25, 0.3) is 0 Å². The molecule has 4 nitrogen and oxygen atoms in total. The first-order chi connectivity index (χ1) is 9.47. The van der Waals surface area contributed by atoms with Crippen molar-refractivity contribution in [1.29, 1.82) is 0 Å². The summed E-state index contributed by atoms with van der Waals surface area (Å²) in [6.07, 6.45) is 0. The van der Waals surface area contributed by atoms with Gasteiger partial charge in [0.1, 0.15) is 5.82 Å². The maximum atomic E-state index is 13.1. The van der Waals surface area contributed by atoms with E-state index in [9.17, 15) is 9.18 Å². The third-order valence-corrected chi connectivity index (χ3v) is 3.03. The molecule has 2 rings (SSSR count). The molecule has 0 saturated carbocycles. The van der Waals surface area contributed by atoms with Crippen molar-refractivity contribution in [3.8, 4) is 0 Å². The standard InChI is InChI=1S/C15H16FN3O/c1-19(9-10-3-2-4-12(16)7-10)14-6-5-11(15(18)20)8-13(14)17/h2-8H,9,17H2,1H3,(H2,18,20). The molecule has 20 heavy (non-hydrogen) atoms. The highest BCUT2D eigenvalue weighted by Gasteiger charge is 2.09. The van der Waals surface area contributed by atoms with Crippen molar-refractivity contribution in [3.05, 3.63) is 59.4 Å². The number of halogens is 1. The van der Waals surface area contributed by atoms with Gasteiger partial charge in [0, 0.05) is 19.2 Å². The molecule has 0 aliphatic carbocycles. The number of rotatable bonds is 4. The maximum absolute atomic E-state index is 13.1. The van der Waals surface area contributed by atoms with E-state index in [1.54, 1.807) is 24.3 Å². The van der Waals surface area contributed by atoms with E-state index in [1.807, 2.05) is 18.0 Å². The SMILES string of the molecule is CN(Cc1cccc(F)c1)c1ccc(C(N)=O)cc1N. The number of nitrogens with two attached hydrogens (primary N) is 2. The molecule has 0 fully saturated rings. The van der Waals surface area contributed by atoms with Crippen molar-refractivity contribution in [3.63, 3.8) is 0 Å². The second kappa shape index (κ2) is 5.61. The quantitative estimate of drug-likeness (QED) is 0.838. The molecule has 4 N–H and O–H groups in total. The predicted molar refractivity (Wildman–Crippen MR) is 77.9 cm³/mol. The van der Waals surface area contributed by atoms with E-state index >= 15 is 0 Å². The fraction of sp³-hybridized carbons (Fsp3) is 0.133. The van der Waals surface area contributed by atoms with Crippen LogP contribution in [0.4, 0.5) is 15.8 Å². The van der Waals surface area contributed by atoms with Crippen molar-refractivity contribution in [1.82, 2.24) is 0 Å². The van der Waals surface area contributed by atoms with Gasteiger partial charge in [-0.3, -0.25) is 4.79 Å². The summed E-state index contributed by atoms with van der Waals surface area (Å²) in [5.74, 6) is -0.788. The zero-order chi connectivity index (χ0) is 14.7. The first-order valence-electron chi connectivity index (χ1n) is 6.12. The van der Waals surface area contributed by atoms with E-state index < -0.39 is 5.91 Å². The van der Waals surface area contributed by atoms with Gasteiger partial charge in [0.2, 0.25) is 5.91 Å². The van der Waals surface area contributed by atoms with Gasteiger partial charge >= 0.3 is 0 Å². The molecule has 5 heteroatoms. The minimum atomic E-state index is -0.518. The molecule has 0 atom stereocenters. The number of benzene rings is 2. The molecule has 0 radical (unpaired) electrons. The molecule has 2 aromatic carbocycles. The third-order valence-electron chi connectivity index (χ3n) is 3.03. The maximum Gasteiger partial charge on any atom is 0.248 e. The van der Waals surface area contributed by atoms with Gasteiger partial charge in [-0.05, 0) is 35.9 Å². The van der Waals surface area contributed by atoms with E-state index in [2.05, 4.69) is 0 Å². The molecule has 0 bridgehead atoms. The van der Waals surface area contributed by atoms with Gasteiger partial charge < -0.3 is 16.4 Å². The Bertz CT molecular complexity index is 643. The Hall–Kier alpha value is -2.56. The molecule has 0 aromatic heterocycles. The van der Waals surface area contributed by atoms with Crippen molar-refractivity contribution >= 4 is 17.3 Å². The third kappa shape index (κ3) is 3.06. The van der Waals surface area contributed by atoms with Crippen LogP contribution in [-0.4, -0.2) is 13.0 Å². The zero-order valence-corrected chi connectivity index (χ0v) is 11.1. The van der Waals surface area contributed by atoms with E-state index in [1.165, 1.54) is 12.1 Å². The van der Waals surface area contributed by atoms with Crippen LogP contribution in [0.3, 0.4) is 0 Å². The smallest absolute Gasteiger partial charge is 0.248 e. The van der Waals surface area contributed by atoms with Gasteiger partial charge in [0.05, 0.1) is 11.4 Å². The van der Waals surface area contributed by atoms with Crippen LogP contribution in [0, 0.1) is 5.82 Å². The van der Waals surface area contributed by atoms with Crippen LogP contribution >= 0.6 is 0 Å². The average Bonchev–Trinajstić information content (AvgIpc) is 2.38. The molecule has 0 spiro atoms. The van der Waals surface area contributed by atoms with E-state index in [-0.39, 0.29) is 5.82 Å². The minimum Gasteiger partial charge on any atom is -0.397 e. The van der Waals surface area contributed by atoms with Crippen LogP contribution in [0.15, 0.2) is 42.5 Å². The van der Waals surface area contributed by atoms with Gasteiger partial charge in [-0.2, -0.15) is 0 Å². The molecule has 0 aliphatic heterocycles. The van der Waals surface area contributed by atoms with Crippen molar-refractivity contribution < 1.29 is 9.18 Å². The second-order valence-corrected chi connectivity index (χ2v) is 4.62.